The van der Waals surface area contributed by atoms with Gasteiger partial charge in [-0.1, -0.05) is 30.0 Å². The Balaban J connectivity index is 1.85. The van der Waals surface area contributed by atoms with Gasteiger partial charge in [0.15, 0.2) is 6.23 Å². The second kappa shape index (κ2) is 10.1. The van der Waals surface area contributed by atoms with Crippen molar-refractivity contribution in [3.05, 3.63) is 27.3 Å². The number of carbonyl (C=O) groups excluding carboxylic acids is 2. The summed E-state index contributed by atoms with van der Waals surface area (Å²) in [6, 6.07) is 3.96. The molecule has 0 aromatic carbocycles. The molecule has 0 spiro atoms. The number of thiocarbonyl (C=S) groups is 1. The molecule has 1 amide bonds. The van der Waals surface area contributed by atoms with Gasteiger partial charge in [-0.05, 0) is 30.9 Å². The number of hydrogen-bond acceptors (Lipinski definition) is 6. The van der Waals surface area contributed by atoms with Gasteiger partial charge in [0.1, 0.15) is 10.6 Å². The number of aliphatic hydroxyl groups excluding tert-OH is 1. The predicted molar refractivity (Wildman–Crippen MR) is 107 cm³/mol. The zero-order valence-electron chi connectivity index (χ0n) is 14.1. The van der Waals surface area contributed by atoms with Crippen molar-refractivity contribution in [1.82, 2.24) is 9.80 Å². The molecular weight excluding hydrogens is 376 g/mol. The molecule has 1 aromatic rings. The molecule has 8 heteroatoms. The minimum atomic E-state index is -0.743. The third kappa shape index (κ3) is 5.64. The lowest BCUT2D eigenvalue weighted by Crippen LogP contribution is -2.35. The van der Waals surface area contributed by atoms with Gasteiger partial charge in [-0.25, -0.2) is 0 Å². The molecule has 1 aromatic heterocycles. The van der Waals surface area contributed by atoms with Crippen LogP contribution in [0, 0.1) is 0 Å². The van der Waals surface area contributed by atoms with Crippen molar-refractivity contribution in [2.75, 3.05) is 19.6 Å². The molecule has 0 saturated carbocycles. The Morgan fingerprint density at radius 1 is 1.52 bits per heavy atom. The van der Waals surface area contributed by atoms with Crippen LogP contribution in [0.4, 0.5) is 0 Å². The van der Waals surface area contributed by atoms with Crippen molar-refractivity contribution in [2.24, 2.45) is 0 Å². The van der Waals surface area contributed by atoms with Gasteiger partial charge in [0, 0.05) is 42.3 Å². The van der Waals surface area contributed by atoms with Crippen LogP contribution in [0.2, 0.25) is 0 Å². The highest BCUT2D eigenvalue weighted by atomic mass is 32.2. The number of thiophene rings is 1. The molecule has 0 radical (unpaired) electrons. The maximum absolute atomic E-state index is 12.2. The lowest BCUT2D eigenvalue weighted by atomic mass is 10.2. The van der Waals surface area contributed by atoms with Crippen LogP contribution >= 0.6 is 35.3 Å². The van der Waals surface area contributed by atoms with Gasteiger partial charge < -0.3 is 19.7 Å². The van der Waals surface area contributed by atoms with Gasteiger partial charge >= 0.3 is 0 Å². The molecular formula is C17H22N2O3S3. The van der Waals surface area contributed by atoms with Crippen LogP contribution in [0.15, 0.2) is 22.4 Å². The summed E-state index contributed by atoms with van der Waals surface area (Å²) in [6.07, 6.45) is 3.39. The molecule has 2 heterocycles. The summed E-state index contributed by atoms with van der Waals surface area (Å²) >= 11 is 8.37. The summed E-state index contributed by atoms with van der Waals surface area (Å²) in [4.78, 5) is 28.0. The van der Waals surface area contributed by atoms with Gasteiger partial charge in [-0.3, -0.25) is 4.79 Å². The number of amides is 1. The van der Waals surface area contributed by atoms with E-state index in [1.54, 1.807) is 21.1 Å². The molecule has 1 aliphatic heterocycles. The molecule has 1 unspecified atom stereocenters. The highest BCUT2D eigenvalue weighted by Gasteiger charge is 2.31. The minimum absolute atomic E-state index is 0.0333. The summed E-state index contributed by atoms with van der Waals surface area (Å²) in [5, 5.41) is 12.5. The fourth-order valence-corrected chi connectivity index (χ4v) is 4.67. The maximum atomic E-state index is 12.2. The second-order valence-corrected chi connectivity index (χ2v) is 8.22. The lowest BCUT2D eigenvalue weighted by molar-refractivity contribution is -0.131. The van der Waals surface area contributed by atoms with E-state index in [-0.39, 0.29) is 5.91 Å². The van der Waals surface area contributed by atoms with E-state index in [0.717, 1.165) is 16.1 Å². The monoisotopic (exact) mass is 398 g/mol. The Bertz CT molecular complexity index is 631. The first-order chi connectivity index (χ1) is 12.1. The van der Waals surface area contributed by atoms with Crippen LogP contribution in [-0.4, -0.2) is 57.3 Å². The Labute approximate surface area is 161 Å². The van der Waals surface area contributed by atoms with Gasteiger partial charge in [0.25, 0.3) is 0 Å². The standard InChI is InChI=1S/C17H22N2O3S3/c1-2-18(8-5-10-20)15(21)7-3-9-19-16(22)14(25-17(19)23)12-13-6-4-11-24-13/h4,6,10-12,16,22H,2-3,5,7-9H2,1H3/b14-12+. The molecule has 2 rings (SSSR count). The van der Waals surface area contributed by atoms with Crippen LogP contribution in [0.25, 0.3) is 6.08 Å². The maximum Gasteiger partial charge on any atom is 0.222 e. The van der Waals surface area contributed by atoms with Gasteiger partial charge in [-0.2, -0.15) is 0 Å². The zero-order chi connectivity index (χ0) is 18.2. The Morgan fingerprint density at radius 3 is 2.96 bits per heavy atom. The van der Waals surface area contributed by atoms with Crippen molar-refractivity contribution in [2.45, 2.75) is 32.4 Å². The molecule has 5 nitrogen and oxygen atoms in total. The number of carbonyl (C=O) groups is 2. The van der Waals surface area contributed by atoms with E-state index in [1.165, 1.54) is 11.8 Å². The molecule has 1 atom stereocenters. The van der Waals surface area contributed by atoms with Crippen LogP contribution in [-0.2, 0) is 9.59 Å². The third-order valence-electron chi connectivity index (χ3n) is 3.86. The first-order valence-corrected chi connectivity index (χ1v) is 10.3. The Morgan fingerprint density at radius 2 is 2.32 bits per heavy atom. The molecule has 1 fully saturated rings. The van der Waals surface area contributed by atoms with E-state index in [2.05, 4.69) is 0 Å². The summed E-state index contributed by atoms with van der Waals surface area (Å²) < 4.78 is 0.635. The minimum Gasteiger partial charge on any atom is -0.369 e. The van der Waals surface area contributed by atoms with Crippen LogP contribution in [0.5, 0.6) is 0 Å². The lowest BCUT2D eigenvalue weighted by Gasteiger charge is -2.23. The smallest absolute Gasteiger partial charge is 0.222 e. The van der Waals surface area contributed by atoms with Crippen molar-refractivity contribution >= 4 is 57.9 Å². The Hall–Kier alpha value is -1.22. The number of nitrogens with zero attached hydrogens (tertiary/aromatic N) is 2. The normalized spacial score (nSPS) is 18.8. The van der Waals surface area contributed by atoms with E-state index in [4.69, 9.17) is 12.2 Å². The third-order valence-corrected chi connectivity index (χ3v) is 6.14. The van der Waals surface area contributed by atoms with Crippen molar-refractivity contribution in [1.29, 1.82) is 0 Å². The van der Waals surface area contributed by atoms with E-state index < -0.39 is 6.23 Å². The number of aldehydes is 1. The average Bonchev–Trinajstić information content (AvgIpc) is 3.19. The van der Waals surface area contributed by atoms with Crippen molar-refractivity contribution in [3.8, 4) is 0 Å². The topological polar surface area (TPSA) is 60.9 Å². The van der Waals surface area contributed by atoms with Gasteiger partial charge in [-0.15, -0.1) is 11.3 Å². The SMILES string of the molecule is CCN(CCC=O)C(=O)CCCN1C(=S)S/C(=C/c2cccs2)C1O. The van der Waals surface area contributed by atoms with Crippen molar-refractivity contribution in [3.63, 3.8) is 0 Å². The summed E-state index contributed by atoms with van der Waals surface area (Å²) in [5.74, 6) is 0.0333. The van der Waals surface area contributed by atoms with Crippen LogP contribution < -0.4 is 0 Å². The Kier molecular flexibility index (Phi) is 8.08. The highest BCUT2D eigenvalue weighted by Crippen LogP contribution is 2.36. The quantitative estimate of drug-likeness (QED) is 0.510. The largest absolute Gasteiger partial charge is 0.369 e. The zero-order valence-corrected chi connectivity index (χ0v) is 16.5. The van der Waals surface area contributed by atoms with Crippen molar-refractivity contribution < 1.29 is 14.7 Å². The van der Waals surface area contributed by atoms with E-state index >= 15 is 0 Å². The first-order valence-electron chi connectivity index (χ1n) is 8.19. The number of thioether (sulfide) groups is 1. The van der Waals surface area contributed by atoms with Crippen LogP contribution in [0.3, 0.4) is 0 Å². The first kappa shape index (κ1) is 20.1. The molecule has 0 bridgehead atoms. The fourth-order valence-electron chi connectivity index (χ4n) is 2.52. The number of rotatable bonds is 9. The number of aliphatic hydroxyl groups is 1. The molecule has 1 aliphatic rings. The second-order valence-electron chi connectivity index (χ2n) is 5.53. The number of hydrogen-bond donors (Lipinski definition) is 1. The summed E-state index contributed by atoms with van der Waals surface area (Å²) in [7, 11) is 0. The van der Waals surface area contributed by atoms with Gasteiger partial charge in [0.2, 0.25) is 5.91 Å². The van der Waals surface area contributed by atoms with Gasteiger partial charge in [0.05, 0.1) is 0 Å². The van der Waals surface area contributed by atoms with E-state index in [1.807, 2.05) is 30.5 Å². The van der Waals surface area contributed by atoms with Crippen LogP contribution in [0.1, 0.15) is 31.1 Å². The molecule has 136 valence electrons. The highest BCUT2D eigenvalue weighted by molar-refractivity contribution is 8.26. The molecule has 1 saturated heterocycles. The van der Waals surface area contributed by atoms with E-state index in [0.29, 0.717) is 43.2 Å². The summed E-state index contributed by atoms with van der Waals surface area (Å²) in [6.45, 7) is 3.50. The molecule has 1 N–H and O–H groups in total. The fraction of sp³-hybridized carbons (Fsp3) is 0.471. The molecule has 25 heavy (non-hydrogen) atoms. The average molecular weight is 399 g/mol. The molecule has 0 aliphatic carbocycles. The summed E-state index contributed by atoms with van der Waals surface area (Å²) in [5.41, 5.74) is 0. The predicted octanol–water partition coefficient (Wildman–Crippen LogP) is 2.96. The van der Waals surface area contributed by atoms with E-state index in [9.17, 15) is 14.7 Å².